The number of nitrogens with two attached hydrogens (primary N) is 1. The largest absolute Gasteiger partial charge is 0.326 e. The van der Waals surface area contributed by atoms with Gasteiger partial charge in [0.05, 0.1) is 10.8 Å². The van der Waals surface area contributed by atoms with E-state index in [4.69, 9.17) is 5.14 Å². The van der Waals surface area contributed by atoms with Crippen molar-refractivity contribution in [3.63, 3.8) is 0 Å². The van der Waals surface area contributed by atoms with Crippen LogP contribution in [0.3, 0.4) is 0 Å². The van der Waals surface area contributed by atoms with Crippen LogP contribution in [0.15, 0.2) is 59.5 Å². The Hall–Kier alpha value is -2.91. The quantitative estimate of drug-likeness (QED) is 0.726. The zero-order valence-electron chi connectivity index (χ0n) is 15.2. The second-order valence-electron chi connectivity index (χ2n) is 6.64. The summed E-state index contributed by atoms with van der Waals surface area (Å²) in [5.74, 6) is -0.435. The van der Waals surface area contributed by atoms with Crippen molar-refractivity contribution in [2.45, 2.75) is 17.7 Å². The number of likely N-dealkylation sites (tertiary alicyclic amines) is 1. The Balaban J connectivity index is 1.62. The maximum absolute atomic E-state index is 12.6. The Morgan fingerprint density at radius 1 is 1.00 bits per heavy atom. The van der Waals surface area contributed by atoms with E-state index in [-0.39, 0.29) is 22.8 Å². The molecule has 148 valence electrons. The lowest BCUT2D eigenvalue weighted by molar-refractivity contribution is -0.121. The van der Waals surface area contributed by atoms with E-state index in [1.165, 1.54) is 18.2 Å². The highest BCUT2D eigenvalue weighted by Gasteiger charge is 2.28. The van der Waals surface area contributed by atoms with Crippen LogP contribution < -0.4 is 15.8 Å². The highest BCUT2D eigenvalue weighted by molar-refractivity contribution is 7.89. The molecule has 4 N–H and O–H groups in total. The number of carbonyl (C=O) groups excluding carboxylic acids is 2. The predicted octanol–water partition coefficient (Wildman–Crippen LogP) is 2.22. The molecule has 0 saturated carbocycles. The molecule has 1 heterocycles. The molecule has 3 rings (SSSR count). The summed E-state index contributed by atoms with van der Waals surface area (Å²) in [6.45, 7) is 0.815. The van der Waals surface area contributed by atoms with Crippen molar-refractivity contribution in [1.82, 2.24) is 4.90 Å². The maximum Gasteiger partial charge on any atom is 0.321 e. The van der Waals surface area contributed by atoms with Crippen molar-refractivity contribution >= 4 is 33.3 Å². The molecule has 1 atom stereocenters. The molecular weight excluding hydrogens is 380 g/mol. The first-order valence-corrected chi connectivity index (χ1v) is 10.4. The van der Waals surface area contributed by atoms with Crippen LogP contribution in [0.1, 0.15) is 12.8 Å². The summed E-state index contributed by atoms with van der Waals surface area (Å²) in [5, 5.41) is 10.7. The number of piperidine rings is 1. The molecule has 0 bridgehead atoms. The fourth-order valence-electron chi connectivity index (χ4n) is 3.09. The van der Waals surface area contributed by atoms with Gasteiger partial charge in [0, 0.05) is 24.5 Å². The summed E-state index contributed by atoms with van der Waals surface area (Å²) in [5.41, 5.74) is 1.04. The summed E-state index contributed by atoms with van der Waals surface area (Å²) in [6.07, 6.45) is 1.40. The van der Waals surface area contributed by atoms with Gasteiger partial charge in [-0.1, -0.05) is 24.3 Å². The Morgan fingerprint density at radius 2 is 1.71 bits per heavy atom. The Kier molecular flexibility index (Phi) is 5.96. The Labute approximate surface area is 163 Å². The third-order valence-corrected chi connectivity index (χ3v) is 5.45. The third-order valence-electron chi connectivity index (χ3n) is 4.53. The molecule has 0 aromatic heterocycles. The summed E-state index contributed by atoms with van der Waals surface area (Å²) in [6, 6.07) is 14.5. The average molecular weight is 402 g/mol. The highest BCUT2D eigenvalue weighted by atomic mass is 32.2. The second-order valence-corrected chi connectivity index (χ2v) is 8.20. The van der Waals surface area contributed by atoms with E-state index in [0.717, 1.165) is 0 Å². The number of primary sulfonamides is 1. The first kappa shape index (κ1) is 19.8. The minimum absolute atomic E-state index is 0.0796. The number of para-hydroxylation sites is 1. The van der Waals surface area contributed by atoms with Gasteiger partial charge in [-0.15, -0.1) is 0 Å². The molecule has 1 aliphatic rings. The first-order chi connectivity index (χ1) is 13.3. The zero-order valence-corrected chi connectivity index (χ0v) is 16.0. The van der Waals surface area contributed by atoms with Gasteiger partial charge in [0.2, 0.25) is 15.9 Å². The van der Waals surface area contributed by atoms with Crippen LogP contribution in [-0.2, 0) is 14.8 Å². The van der Waals surface area contributed by atoms with Gasteiger partial charge < -0.3 is 15.5 Å². The van der Waals surface area contributed by atoms with Crippen LogP contribution >= 0.6 is 0 Å². The van der Waals surface area contributed by atoms with E-state index in [9.17, 15) is 18.0 Å². The number of nitrogens with one attached hydrogen (secondary N) is 2. The molecule has 0 radical (unpaired) electrons. The van der Waals surface area contributed by atoms with E-state index in [0.29, 0.717) is 37.3 Å². The highest BCUT2D eigenvalue weighted by Crippen LogP contribution is 2.20. The van der Waals surface area contributed by atoms with Gasteiger partial charge in [-0.25, -0.2) is 18.4 Å². The first-order valence-electron chi connectivity index (χ1n) is 8.87. The van der Waals surface area contributed by atoms with Gasteiger partial charge in [-0.05, 0) is 43.2 Å². The van der Waals surface area contributed by atoms with Crippen molar-refractivity contribution in [2.24, 2.45) is 11.1 Å². The van der Waals surface area contributed by atoms with Crippen LogP contribution in [0.4, 0.5) is 16.2 Å². The molecular formula is C19H22N4O4S. The number of urea groups is 1. The zero-order chi connectivity index (χ0) is 20.1. The van der Waals surface area contributed by atoms with Crippen molar-refractivity contribution in [1.29, 1.82) is 0 Å². The fraction of sp³-hybridized carbons (Fsp3) is 0.263. The van der Waals surface area contributed by atoms with E-state index in [1.54, 1.807) is 11.0 Å². The van der Waals surface area contributed by atoms with E-state index in [2.05, 4.69) is 10.6 Å². The summed E-state index contributed by atoms with van der Waals surface area (Å²) < 4.78 is 22.9. The van der Waals surface area contributed by atoms with Crippen molar-refractivity contribution in [3.05, 3.63) is 54.6 Å². The molecule has 3 amide bonds. The number of anilines is 2. The monoisotopic (exact) mass is 402 g/mol. The molecule has 0 spiro atoms. The second kappa shape index (κ2) is 8.41. The predicted molar refractivity (Wildman–Crippen MR) is 106 cm³/mol. The number of rotatable bonds is 4. The van der Waals surface area contributed by atoms with Crippen molar-refractivity contribution in [3.8, 4) is 0 Å². The van der Waals surface area contributed by atoms with E-state index in [1.807, 2.05) is 30.3 Å². The lowest BCUT2D eigenvalue weighted by Gasteiger charge is -2.32. The van der Waals surface area contributed by atoms with Gasteiger partial charge >= 0.3 is 6.03 Å². The maximum atomic E-state index is 12.6. The van der Waals surface area contributed by atoms with Crippen LogP contribution in [0, 0.1) is 5.92 Å². The summed E-state index contributed by atoms with van der Waals surface area (Å²) in [7, 11) is -3.85. The van der Waals surface area contributed by atoms with Crippen molar-refractivity contribution in [2.75, 3.05) is 23.7 Å². The molecule has 8 nitrogen and oxygen atoms in total. The number of benzene rings is 2. The van der Waals surface area contributed by atoms with Crippen LogP contribution in [0.5, 0.6) is 0 Å². The van der Waals surface area contributed by atoms with Gasteiger partial charge in [-0.2, -0.15) is 0 Å². The van der Waals surface area contributed by atoms with Gasteiger partial charge in [0.1, 0.15) is 0 Å². The molecule has 0 aliphatic carbocycles. The van der Waals surface area contributed by atoms with Crippen molar-refractivity contribution < 1.29 is 18.0 Å². The van der Waals surface area contributed by atoms with Crippen LogP contribution in [0.25, 0.3) is 0 Å². The van der Waals surface area contributed by atoms with Gasteiger partial charge in [0.15, 0.2) is 0 Å². The number of amides is 3. The normalized spacial score (nSPS) is 17.0. The van der Waals surface area contributed by atoms with Gasteiger partial charge in [-0.3, -0.25) is 4.79 Å². The number of hydrogen-bond donors (Lipinski definition) is 3. The smallest absolute Gasteiger partial charge is 0.321 e. The molecule has 1 aliphatic heterocycles. The van der Waals surface area contributed by atoms with E-state index >= 15 is 0 Å². The standard InChI is InChI=1S/C19H22N4O4S/c20-28(26,27)17-10-4-9-16(12-17)22-19(25)23-11-5-6-14(13-23)18(24)21-15-7-2-1-3-8-15/h1-4,7-10,12,14H,5-6,11,13H2,(H,21,24)(H,22,25)(H2,20,26,27). The molecule has 2 aromatic rings. The lowest BCUT2D eigenvalue weighted by Crippen LogP contribution is -2.45. The molecule has 1 saturated heterocycles. The molecule has 1 fully saturated rings. The van der Waals surface area contributed by atoms with Crippen LogP contribution in [0.2, 0.25) is 0 Å². The summed E-state index contributed by atoms with van der Waals surface area (Å²) >= 11 is 0. The minimum atomic E-state index is -3.85. The molecule has 1 unspecified atom stereocenters. The van der Waals surface area contributed by atoms with E-state index < -0.39 is 10.0 Å². The molecule has 9 heteroatoms. The number of nitrogens with zero attached hydrogens (tertiary/aromatic N) is 1. The number of hydrogen-bond acceptors (Lipinski definition) is 4. The minimum Gasteiger partial charge on any atom is -0.326 e. The van der Waals surface area contributed by atoms with Gasteiger partial charge in [0.25, 0.3) is 0 Å². The third kappa shape index (κ3) is 5.08. The number of sulfonamides is 1. The fourth-order valence-corrected chi connectivity index (χ4v) is 3.65. The Bertz CT molecular complexity index is 963. The van der Waals surface area contributed by atoms with Crippen LogP contribution in [-0.4, -0.2) is 38.3 Å². The number of carbonyl (C=O) groups is 2. The lowest BCUT2D eigenvalue weighted by atomic mass is 9.97. The average Bonchev–Trinajstić information content (AvgIpc) is 2.68. The SMILES string of the molecule is NS(=O)(=O)c1cccc(NC(=O)N2CCCC(C(=O)Nc3ccccc3)C2)c1. The Morgan fingerprint density at radius 3 is 2.43 bits per heavy atom. The summed E-state index contributed by atoms with van der Waals surface area (Å²) in [4.78, 5) is 26.5. The molecule has 28 heavy (non-hydrogen) atoms. The topological polar surface area (TPSA) is 122 Å². The molecule has 2 aromatic carbocycles.